The molecule has 1 fully saturated rings. The number of benzene rings is 2. The summed E-state index contributed by atoms with van der Waals surface area (Å²) in [6.07, 6.45) is 2.45. The van der Waals surface area contributed by atoms with Crippen LogP contribution in [-0.4, -0.2) is 26.4 Å². The summed E-state index contributed by atoms with van der Waals surface area (Å²) in [7, 11) is -3.74. The molecule has 0 aromatic heterocycles. The van der Waals surface area contributed by atoms with Crippen molar-refractivity contribution in [2.75, 3.05) is 13.1 Å². The van der Waals surface area contributed by atoms with Crippen LogP contribution in [0.15, 0.2) is 47.4 Å². The van der Waals surface area contributed by atoms with Gasteiger partial charge in [0.05, 0.1) is 5.02 Å². The zero-order valence-electron chi connectivity index (χ0n) is 13.7. The van der Waals surface area contributed by atoms with Crippen molar-refractivity contribution in [2.24, 2.45) is 0 Å². The van der Waals surface area contributed by atoms with Crippen LogP contribution in [0.2, 0.25) is 10.0 Å². The molecule has 2 aromatic rings. The van der Waals surface area contributed by atoms with Crippen LogP contribution in [0.5, 0.6) is 0 Å². The summed E-state index contributed by atoms with van der Waals surface area (Å²) in [4.78, 5) is 2.39. The molecule has 4 nitrogen and oxygen atoms in total. The molecule has 1 heterocycles. The maximum atomic E-state index is 12.6. The fraction of sp³-hybridized carbons (Fsp3) is 0.333. The van der Waals surface area contributed by atoms with Crippen molar-refractivity contribution < 1.29 is 8.42 Å². The van der Waals surface area contributed by atoms with Crippen LogP contribution in [0.25, 0.3) is 0 Å². The third-order valence-corrected chi connectivity index (χ3v) is 6.46. The molecule has 1 saturated heterocycles. The van der Waals surface area contributed by atoms with Crippen LogP contribution in [0.3, 0.4) is 0 Å². The Morgan fingerprint density at radius 3 is 2.40 bits per heavy atom. The molecular formula is C18H20Cl2N2O2S. The van der Waals surface area contributed by atoms with Gasteiger partial charge in [0.1, 0.15) is 4.90 Å². The van der Waals surface area contributed by atoms with Crippen LogP contribution in [-0.2, 0) is 23.1 Å². The van der Waals surface area contributed by atoms with Gasteiger partial charge in [-0.3, -0.25) is 4.90 Å². The Labute approximate surface area is 158 Å². The van der Waals surface area contributed by atoms with Gasteiger partial charge >= 0.3 is 0 Å². The fourth-order valence-corrected chi connectivity index (χ4v) is 4.77. The third kappa shape index (κ3) is 4.74. The van der Waals surface area contributed by atoms with E-state index in [0.717, 1.165) is 30.8 Å². The van der Waals surface area contributed by atoms with Crippen LogP contribution in [0.4, 0.5) is 0 Å². The molecule has 0 bridgehead atoms. The van der Waals surface area contributed by atoms with Gasteiger partial charge in [0, 0.05) is 18.1 Å². The first kappa shape index (κ1) is 18.7. The molecule has 1 aliphatic rings. The highest BCUT2D eigenvalue weighted by Crippen LogP contribution is 2.25. The minimum atomic E-state index is -3.74. The van der Waals surface area contributed by atoms with Crippen LogP contribution >= 0.6 is 23.2 Å². The Kier molecular flexibility index (Phi) is 6.02. The second-order valence-corrected chi connectivity index (χ2v) is 8.73. The predicted octanol–water partition coefficient (Wildman–Crippen LogP) is 4.07. The summed E-state index contributed by atoms with van der Waals surface area (Å²) in [6.45, 7) is 3.25. The third-order valence-electron chi connectivity index (χ3n) is 4.35. The summed E-state index contributed by atoms with van der Waals surface area (Å²) in [5.74, 6) is 0. The molecule has 0 atom stereocenters. The number of hydrogen-bond acceptors (Lipinski definition) is 3. The first-order chi connectivity index (χ1) is 12.0. The van der Waals surface area contributed by atoms with E-state index in [1.165, 1.54) is 25.0 Å². The van der Waals surface area contributed by atoms with E-state index in [9.17, 15) is 8.42 Å². The van der Waals surface area contributed by atoms with Crippen LogP contribution in [0.1, 0.15) is 24.0 Å². The molecule has 134 valence electrons. The Balaban J connectivity index is 1.75. The van der Waals surface area contributed by atoms with E-state index >= 15 is 0 Å². The lowest BCUT2D eigenvalue weighted by Crippen LogP contribution is -2.25. The Morgan fingerprint density at radius 1 is 1.00 bits per heavy atom. The van der Waals surface area contributed by atoms with Gasteiger partial charge in [-0.25, -0.2) is 13.1 Å². The molecule has 0 radical (unpaired) electrons. The second-order valence-electron chi connectivity index (χ2n) is 6.15. The van der Waals surface area contributed by atoms with Crippen LogP contribution in [0, 0.1) is 0 Å². The summed E-state index contributed by atoms with van der Waals surface area (Å²) in [5, 5.41) is 0.487. The van der Waals surface area contributed by atoms with Gasteiger partial charge in [0.25, 0.3) is 0 Å². The molecule has 3 rings (SSSR count). The molecule has 25 heavy (non-hydrogen) atoms. The van der Waals surface area contributed by atoms with E-state index in [2.05, 4.69) is 9.62 Å². The monoisotopic (exact) mass is 398 g/mol. The van der Waals surface area contributed by atoms with Gasteiger partial charge in [-0.1, -0.05) is 47.5 Å². The van der Waals surface area contributed by atoms with Gasteiger partial charge in [-0.2, -0.15) is 0 Å². The highest BCUT2D eigenvalue weighted by Gasteiger charge is 2.19. The van der Waals surface area contributed by atoms with E-state index in [-0.39, 0.29) is 16.5 Å². The van der Waals surface area contributed by atoms with Crippen molar-refractivity contribution in [3.63, 3.8) is 0 Å². The molecule has 0 spiro atoms. The van der Waals surface area contributed by atoms with Gasteiger partial charge < -0.3 is 0 Å². The van der Waals surface area contributed by atoms with Crippen molar-refractivity contribution in [2.45, 2.75) is 30.8 Å². The Morgan fingerprint density at radius 2 is 1.68 bits per heavy atom. The van der Waals surface area contributed by atoms with Crippen molar-refractivity contribution in [3.8, 4) is 0 Å². The average molecular weight is 399 g/mol. The minimum Gasteiger partial charge on any atom is -0.299 e. The number of nitrogens with one attached hydrogen (secondary N) is 1. The summed E-state index contributed by atoms with van der Waals surface area (Å²) >= 11 is 11.9. The lowest BCUT2D eigenvalue weighted by Gasteiger charge is -2.18. The lowest BCUT2D eigenvalue weighted by molar-refractivity contribution is 0.330. The van der Waals surface area contributed by atoms with Crippen molar-refractivity contribution in [1.82, 2.24) is 9.62 Å². The largest absolute Gasteiger partial charge is 0.299 e. The average Bonchev–Trinajstić information content (AvgIpc) is 3.09. The maximum Gasteiger partial charge on any atom is 0.242 e. The van der Waals surface area contributed by atoms with Crippen molar-refractivity contribution in [1.29, 1.82) is 0 Å². The van der Waals surface area contributed by atoms with E-state index in [0.29, 0.717) is 5.02 Å². The Bertz CT molecular complexity index is 850. The van der Waals surface area contributed by atoms with E-state index in [1.807, 2.05) is 24.3 Å². The standard InChI is InChI=1S/C18H20Cl2N2O2S/c19-16-7-8-17(20)18(11-16)25(23,24)21-12-14-5-1-2-6-15(14)13-22-9-3-4-10-22/h1-2,5-8,11,21H,3-4,9-10,12-13H2. The second kappa shape index (κ2) is 8.06. The molecular weight excluding hydrogens is 379 g/mol. The van der Waals surface area contributed by atoms with Crippen molar-refractivity contribution in [3.05, 3.63) is 63.6 Å². The van der Waals surface area contributed by atoms with Crippen LogP contribution < -0.4 is 4.72 Å². The van der Waals surface area contributed by atoms with Crippen molar-refractivity contribution >= 4 is 33.2 Å². The van der Waals surface area contributed by atoms with Gasteiger partial charge in [-0.15, -0.1) is 0 Å². The van der Waals surface area contributed by atoms with E-state index in [1.54, 1.807) is 6.07 Å². The fourth-order valence-electron chi connectivity index (χ4n) is 3.00. The summed E-state index contributed by atoms with van der Waals surface area (Å²) in [6, 6.07) is 12.3. The zero-order valence-corrected chi connectivity index (χ0v) is 16.0. The number of rotatable bonds is 6. The molecule has 0 unspecified atom stereocenters. The van der Waals surface area contributed by atoms with E-state index < -0.39 is 10.0 Å². The SMILES string of the molecule is O=S(=O)(NCc1ccccc1CN1CCCC1)c1cc(Cl)ccc1Cl. The summed E-state index contributed by atoms with van der Waals surface area (Å²) < 4.78 is 27.8. The predicted molar refractivity (Wildman–Crippen MR) is 101 cm³/mol. The van der Waals surface area contributed by atoms with Gasteiger partial charge in [0.15, 0.2) is 0 Å². The minimum absolute atomic E-state index is 0.00121. The highest BCUT2D eigenvalue weighted by molar-refractivity contribution is 7.89. The quantitative estimate of drug-likeness (QED) is 0.797. The molecule has 0 amide bonds. The number of halogens is 2. The molecule has 0 aliphatic carbocycles. The first-order valence-corrected chi connectivity index (χ1v) is 10.4. The smallest absolute Gasteiger partial charge is 0.242 e. The molecule has 7 heteroatoms. The lowest BCUT2D eigenvalue weighted by atomic mass is 10.1. The number of nitrogens with zero attached hydrogens (tertiary/aromatic N) is 1. The number of likely N-dealkylation sites (tertiary alicyclic amines) is 1. The van der Waals surface area contributed by atoms with Gasteiger partial charge in [-0.05, 0) is 55.3 Å². The first-order valence-electron chi connectivity index (χ1n) is 8.19. The molecule has 0 saturated carbocycles. The highest BCUT2D eigenvalue weighted by atomic mass is 35.5. The molecule has 1 N–H and O–H groups in total. The number of sulfonamides is 1. The summed E-state index contributed by atoms with van der Waals surface area (Å²) in [5.41, 5.74) is 2.11. The van der Waals surface area contributed by atoms with E-state index in [4.69, 9.17) is 23.2 Å². The normalized spacial score (nSPS) is 15.6. The number of hydrogen-bond donors (Lipinski definition) is 1. The zero-order chi connectivity index (χ0) is 17.9. The molecule has 2 aromatic carbocycles. The van der Waals surface area contributed by atoms with Gasteiger partial charge in [0.2, 0.25) is 10.0 Å². The topological polar surface area (TPSA) is 49.4 Å². The maximum absolute atomic E-state index is 12.6. The molecule has 1 aliphatic heterocycles. The Hall–Kier alpha value is -1.11.